The Bertz CT molecular complexity index is 354. The second-order valence-electron chi connectivity index (χ2n) is 2.11. The van der Waals surface area contributed by atoms with Gasteiger partial charge in [-0.05, 0) is 6.92 Å². The summed E-state index contributed by atoms with van der Waals surface area (Å²) in [5, 5.41) is 14.9. The van der Waals surface area contributed by atoms with Crippen molar-refractivity contribution in [1.82, 2.24) is 25.4 Å². The third-order valence-corrected chi connectivity index (χ3v) is 1.20. The van der Waals surface area contributed by atoms with Crippen LogP contribution in [0.4, 0.5) is 0 Å². The van der Waals surface area contributed by atoms with Crippen molar-refractivity contribution in [2.24, 2.45) is 0 Å². The van der Waals surface area contributed by atoms with E-state index in [0.29, 0.717) is 17.5 Å². The lowest BCUT2D eigenvalue weighted by Crippen LogP contribution is -1.98. The Hall–Kier alpha value is -1.85. The molecule has 6 nitrogen and oxygen atoms in total. The van der Waals surface area contributed by atoms with Gasteiger partial charge in [0.25, 0.3) is 11.7 Å². The van der Waals surface area contributed by atoms with Gasteiger partial charge in [0, 0.05) is 0 Å². The molecule has 2 heterocycles. The number of nitrogens with zero attached hydrogens (tertiary/aromatic N) is 5. The summed E-state index contributed by atoms with van der Waals surface area (Å²) in [7, 11) is 0. The standard InChI is InChI=1S/C6H5N5O/c1-4-8-10-5(11-9-4)6-7-2-3-12-6/h2-3H,1H3. The summed E-state index contributed by atoms with van der Waals surface area (Å²) in [5.41, 5.74) is 0. The lowest BCUT2D eigenvalue weighted by atomic mass is 10.6. The molecule has 0 saturated heterocycles. The van der Waals surface area contributed by atoms with Crippen LogP contribution in [0.2, 0.25) is 0 Å². The minimum Gasteiger partial charge on any atom is -0.442 e. The molecule has 0 N–H and O–H groups in total. The molecule has 0 aliphatic carbocycles. The van der Waals surface area contributed by atoms with E-state index in [4.69, 9.17) is 4.42 Å². The second-order valence-corrected chi connectivity index (χ2v) is 2.11. The van der Waals surface area contributed by atoms with E-state index >= 15 is 0 Å². The minimum absolute atomic E-state index is 0.297. The second kappa shape index (κ2) is 2.65. The number of rotatable bonds is 1. The molecule has 0 saturated carbocycles. The van der Waals surface area contributed by atoms with Crippen molar-refractivity contribution in [1.29, 1.82) is 0 Å². The summed E-state index contributed by atoms with van der Waals surface area (Å²) >= 11 is 0. The smallest absolute Gasteiger partial charge is 0.268 e. The first-order valence-corrected chi connectivity index (χ1v) is 3.30. The monoisotopic (exact) mass is 163 g/mol. The summed E-state index contributed by atoms with van der Waals surface area (Å²) in [5.74, 6) is 1.14. The predicted molar refractivity (Wildman–Crippen MR) is 37.9 cm³/mol. The highest BCUT2D eigenvalue weighted by atomic mass is 16.3. The van der Waals surface area contributed by atoms with Gasteiger partial charge in [0.05, 0.1) is 6.20 Å². The molecule has 12 heavy (non-hydrogen) atoms. The largest absolute Gasteiger partial charge is 0.442 e. The van der Waals surface area contributed by atoms with Crippen LogP contribution in [-0.2, 0) is 0 Å². The molecule has 0 aromatic carbocycles. The van der Waals surface area contributed by atoms with Crippen LogP contribution >= 0.6 is 0 Å². The normalized spacial score (nSPS) is 10.1. The zero-order chi connectivity index (χ0) is 8.39. The molecule has 2 rings (SSSR count). The van der Waals surface area contributed by atoms with E-state index in [0.717, 1.165) is 0 Å². The Morgan fingerprint density at radius 3 is 2.50 bits per heavy atom. The molecule has 60 valence electrons. The first-order chi connectivity index (χ1) is 5.86. The van der Waals surface area contributed by atoms with Gasteiger partial charge in [-0.2, -0.15) is 0 Å². The SMILES string of the molecule is Cc1nnc(-c2ncco2)nn1. The van der Waals surface area contributed by atoms with Crippen molar-refractivity contribution in [3.8, 4) is 11.7 Å². The summed E-state index contributed by atoms with van der Waals surface area (Å²) in [6, 6.07) is 0. The van der Waals surface area contributed by atoms with E-state index in [-0.39, 0.29) is 0 Å². The average molecular weight is 163 g/mol. The summed E-state index contributed by atoms with van der Waals surface area (Å²) in [6.07, 6.45) is 2.96. The van der Waals surface area contributed by atoms with Gasteiger partial charge in [0.2, 0.25) is 0 Å². The van der Waals surface area contributed by atoms with E-state index in [2.05, 4.69) is 25.4 Å². The van der Waals surface area contributed by atoms with Crippen LogP contribution in [0.25, 0.3) is 11.7 Å². The molecule has 2 aromatic heterocycles. The highest BCUT2D eigenvalue weighted by molar-refractivity contribution is 5.36. The maximum Gasteiger partial charge on any atom is 0.268 e. The maximum absolute atomic E-state index is 4.94. The molecule has 0 fully saturated rings. The quantitative estimate of drug-likeness (QED) is 0.598. The number of hydrogen-bond donors (Lipinski definition) is 0. The highest BCUT2D eigenvalue weighted by Crippen LogP contribution is 2.07. The number of aryl methyl sites for hydroxylation is 1. The molecule has 2 aromatic rings. The highest BCUT2D eigenvalue weighted by Gasteiger charge is 2.05. The fourth-order valence-electron chi connectivity index (χ4n) is 0.699. The topological polar surface area (TPSA) is 77.6 Å². The molecule has 0 amide bonds. The number of oxazole rings is 1. The molecule has 0 unspecified atom stereocenters. The maximum atomic E-state index is 4.94. The van der Waals surface area contributed by atoms with Crippen molar-refractivity contribution in [2.75, 3.05) is 0 Å². The van der Waals surface area contributed by atoms with Crippen LogP contribution in [0.3, 0.4) is 0 Å². The van der Waals surface area contributed by atoms with E-state index in [1.165, 1.54) is 12.5 Å². The van der Waals surface area contributed by atoms with E-state index in [1.807, 2.05) is 0 Å². The third-order valence-electron chi connectivity index (χ3n) is 1.20. The Morgan fingerprint density at radius 1 is 1.17 bits per heavy atom. The van der Waals surface area contributed by atoms with Crippen LogP contribution in [0, 0.1) is 6.92 Å². The van der Waals surface area contributed by atoms with Crippen molar-refractivity contribution in [3.63, 3.8) is 0 Å². The van der Waals surface area contributed by atoms with Crippen LogP contribution in [0.15, 0.2) is 16.9 Å². The molecule has 0 aliphatic heterocycles. The predicted octanol–water partition coefficient (Wildman–Crippen LogP) is 0.230. The Morgan fingerprint density at radius 2 is 1.92 bits per heavy atom. The lowest BCUT2D eigenvalue weighted by Gasteiger charge is -1.90. The van der Waals surface area contributed by atoms with Crippen LogP contribution in [-0.4, -0.2) is 25.4 Å². The Labute approximate surface area is 67.7 Å². The molecule has 0 spiro atoms. The summed E-state index contributed by atoms with van der Waals surface area (Å²) < 4.78 is 4.94. The van der Waals surface area contributed by atoms with Gasteiger partial charge in [0.15, 0.2) is 5.82 Å². The van der Waals surface area contributed by atoms with Gasteiger partial charge in [0.1, 0.15) is 6.26 Å². The van der Waals surface area contributed by atoms with Crippen LogP contribution in [0.1, 0.15) is 5.82 Å². The molecule has 6 heteroatoms. The molecule has 0 atom stereocenters. The zero-order valence-corrected chi connectivity index (χ0v) is 6.30. The van der Waals surface area contributed by atoms with Gasteiger partial charge in [-0.3, -0.25) is 0 Å². The lowest BCUT2D eigenvalue weighted by molar-refractivity contribution is 0.563. The number of hydrogen-bond acceptors (Lipinski definition) is 6. The van der Waals surface area contributed by atoms with E-state index < -0.39 is 0 Å². The van der Waals surface area contributed by atoms with Crippen molar-refractivity contribution < 1.29 is 4.42 Å². The van der Waals surface area contributed by atoms with Crippen molar-refractivity contribution >= 4 is 0 Å². The zero-order valence-electron chi connectivity index (χ0n) is 6.30. The number of aromatic nitrogens is 5. The van der Waals surface area contributed by atoms with E-state index in [9.17, 15) is 0 Å². The fraction of sp³-hybridized carbons (Fsp3) is 0.167. The third kappa shape index (κ3) is 1.14. The molecular weight excluding hydrogens is 158 g/mol. The van der Waals surface area contributed by atoms with Crippen LogP contribution < -0.4 is 0 Å². The van der Waals surface area contributed by atoms with Crippen molar-refractivity contribution in [2.45, 2.75) is 6.92 Å². The van der Waals surface area contributed by atoms with Gasteiger partial charge in [-0.25, -0.2) is 4.98 Å². The van der Waals surface area contributed by atoms with Gasteiger partial charge in [-0.1, -0.05) is 0 Å². The molecule has 0 aliphatic rings. The first kappa shape index (κ1) is 6.84. The molecular formula is C6H5N5O. The summed E-state index contributed by atoms with van der Waals surface area (Å²) in [4.78, 5) is 3.84. The summed E-state index contributed by atoms with van der Waals surface area (Å²) in [6.45, 7) is 1.71. The van der Waals surface area contributed by atoms with Crippen LogP contribution in [0.5, 0.6) is 0 Å². The van der Waals surface area contributed by atoms with Gasteiger partial charge in [-0.15, -0.1) is 20.4 Å². The molecule has 0 radical (unpaired) electrons. The van der Waals surface area contributed by atoms with Gasteiger partial charge >= 0.3 is 0 Å². The fourth-order valence-corrected chi connectivity index (χ4v) is 0.699. The molecule has 0 bridgehead atoms. The Balaban J connectivity index is 2.43. The average Bonchev–Trinajstić information content (AvgIpc) is 2.58. The minimum atomic E-state index is 0.297. The van der Waals surface area contributed by atoms with Crippen molar-refractivity contribution in [3.05, 3.63) is 18.3 Å². The van der Waals surface area contributed by atoms with Gasteiger partial charge < -0.3 is 4.42 Å². The Kier molecular flexibility index (Phi) is 1.51. The van der Waals surface area contributed by atoms with E-state index in [1.54, 1.807) is 6.92 Å². The first-order valence-electron chi connectivity index (χ1n) is 3.30.